The van der Waals surface area contributed by atoms with Crippen LogP contribution in [0, 0.1) is 5.92 Å². The molecule has 0 bridgehead atoms. The summed E-state index contributed by atoms with van der Waals surface area (Å²) < 4.78 is 0. The Bertz CT molecular complexity index is 639. The maximum atomic E-state index is 12.0. The zero-order chi connectivity index (χ0) is 15.4. The van der Waals surface area contributed by atoms with Crippen LogP contribution in [0.3, 0.4) is 0 Å². The van der Waals surface area contributed by atoms with Crippen LogP contribution in [-0.4, -0.2) is 23.5 Å². The lowest BCUT2D eigenvalue weighted by molar-refractivity contribution is -0.121. The van der Waals surface area contributed by atoms with E-state index in [4.69, 9.17) is 5.73 Å². The fraction of sp³-hybridized carbons (Fsp3) is 0.375. The number of carbonyl (C=O) groups excluding carboxylic acids is 1. The van der Waals surface area contributed by atoms with Gasteiger partial charge in [0.2, 0.25) is 5.91 Å². The number of nitrogens with two attached hydrogens (primary N) is 1. The minimum atomic E-state index is -0.323. The van der Waals surface area contributed by atoms with Crippen LogP contribution in [0.5, 0.6) is 0 Å². The smallest absolute Gasteiger partial charge is 0.242 e. The predicted molar refractivity (Wildman–Crippen MR) is 87.1 cm³/mol. The van der Waals surface area contributed by atoms with Crippen LogP contribution in [-0.2, 0) is 4.79 Å². The number of pyridine rings is 1. The number of hydrogen-bond acceptors (Lipinski definition) is 4. The topological polar surface area (TPSA) is 80.0 Å². The van der Waals surface area contributed by atoms with Crippen molar-refractivity contribution in [2.45, 2.75) is 26.8 Å². The van der Waals surface area contributed by atoms with Gasteiger partial charge in [0, 0.05) is 41.1 Å². The molecule has 0 spiro atoms. The molecule has 1 aromatic carbocycles. The zero-order valence-corrected chi connectivity index (χ0v) is 12.7. The Morgan fingerprint density at radius 3 is 2.71 bits per heavy atom. The van der Waals surface area contributed by atoms with E-state index in [1.54, 1.807) is 12.4 Å². The van der Waals surface area contributed by atoms with E-state index in [9.17, 15) is 4.79 Å². The minimum absolute atomic E-state index is 0.0161. The minimum Gasteiger partial charge on any atom is -0.398 e. The number of nitrogens with zero attached hydrogens (tertiary/aromatic N) is 1. The molecule has 1 amide bonds. The lowest BCUT2D eigenvalue weighted by atomic mass is 10.1. The van der Waals surface area contributed by atoms with Crippen LogP contribution in [0.4, 0.5) is 11.4 Å². The van der Waals surface area contributed by atoms with Crippen molar-refractivity contribution in [2.24, 2.45) is 5.92 Å². The van der Waals surface area contributed by atoms with E-state index < -0.39 is 0 Å². The Morgan fingerprint density at radius 2 is 2.00 bits per heavy atom. The second kappa shape index (κ2) is 6.43. The molecule has 0 aliphatic rings. The Kier molecular flexibility index (Phi) is 4.62. The lowest BCUT2D eigenvalue weighted by Crippen LogP contribution is -2.39. The number of nitrogens with one attached hydrogen (secondary N) is 2. The monoisotopic (exact) mass is 286 g/mol. The van der Waals surface area contributed by atoms with Crippen molar-refractivity contribution in [3.8, 4) is 0 Å². The van der Waals surface area contributed by atoms with Crippen molar-refractivity contribution in [1.82, 2.24) is 10.3 Å². The number of rotatable bonds is 5. The molecule has 0 aliphatic carbocycles. The van der Waals surface area contributed by atoms with E-state index in [1.165, 1.54) is 0 Å². The summed E-state index contributed by atoms with van der Waals surface area (Å²) >= 11 is 0. The SMILES string of the molecule is CC(C)CNC(=O)C(C)Nc1ccc(N)c2ccncc12. The Balaban J connectivity index is 2.16. The maximum Gasteiger partial charge on any atom is 0.242 e. The largest absolute Gasteiger partial charge is 0.398 e. The van der Waals surface area contributed by atoms with Crippen LogP contribution in [0.25, 0.3) is 10.8 Å². The van der Waals surface area contributed by atoms with Gasteiger partial charge in [-0.05, 0) is 31.0 Å². The molecule has 5 heteroatoms. The lowest BCUT2D eigenvalue weighted by Gasteiger charge is -2.18. The number of fused-ring (bicyclic) bond motifs is 1. The molecule has 0 aliphatic heterocycles. The maximum absolute atomic E-state index is 12.0. The third-order valence-electron chi connectivity index (χ3n) is 3.30. The van der Waals surface area contributed by atoms with Crippen molar-refractivity contribution in [2.75, 3.05) is 17.6 Å². The average molecular weight is 286 g/mol. The van der Waals surface area contributed by atoms with Gasteiger partial charge in [-0.1, -0.05) is 13.8 Å². The van der Waals surface area contributed by atoms with Crippen molar-refractivity contribution < 1.29 is 4.79 Å². The van der Waals surface area contributed by atoms with Gasteiger partial charge in [0.25, 0.3) is 0 Å². The molecule has 4 N–H and O–H groups in total. The number of carbonyl (C=O) groups is 1. The summed E-state index contributed by atoms with van der Waals surface area (Å²) in [6.07, 6.45) is 3.47. The van der Waals surface area contributed by atoms with E-state index in [2.05, 4.69) is 29.5 Å². The third-order valence-corrected chi connectivity index (χ3v) is 3.30. The van der Waals surface area contributed by atoms with Crippen molar-refractivity contribution in [3.05, 3.63) is 30.6 Å². The van der Waals surface area contributed by atoms with Gasteiger partial charge in [-0.2, -0.15) is 0 Å². The average Bonchev–Trinajstić information content (AvgIpc) is 2.47. The van der Waals surface area contributed by atoms with Gasteiger partial charge in [0.1, 0.15) is 6.04 Å². The first-order valence-electron chi connectivity index (χ1n) is 7.15. The molecule has 1 unspecified atom stereocenters. The Hall–Kier alpha value is -2.30. The summed E-state index contributed by atoms with van der Waals surface area (Å²) in [6, 6.07) is 5.27. The Labute approximate surface area is 124 Å². The summed E-state index contributed by atoms with van der Waals surface area (Å²) in [5, 5.41) is 8.00. The van der Waals surface area contributed by atoms with Crippen LogP contribution >= 0.6 is 0 Å². The highest BCUT2D eigenvalue weighted by Crippen LogP contribution is 2.27. The first kappa shape index (κ1) is 15.1. The number of aromatic nitrogens is 1. The van der Waals surface area contributed by atoms with Crippen LogP contribution < -0.4 is 16.4 Å². The number of nitrogen functional groups attached to an aromatic ring is 1. The second-order valence-electron chi connectivity index (χ2n) is 5.63. The molecule has 1 heterocycles. The summed E-state index contributed by atoms with van der Waals surface area (Å²) in [4.78, 5) is 16.2. The zero-order valence-electron chi connectivity index (χ0n) is 12.7. The van der Waals surface area contributed by atoms with E-state index in [0.717, 1.165) is 16.5 Å². The molecule has 2 aromatic rings. The Morgan fingerprint density at radius 1 is 1.24 bits per heavy atom. The molecular weight excluding hydrogens is 264 g/mol. The van der Waals surface area contributed by atoms with E-state index in [0.29, 0.717) is 18.2 Å². The fourth-order valence-corrected chi connectivity index (χ4v) is 2.10. The number of benzene rings is 1. The van der Waals surface area contributed by atoms with Gasteiger partial charge >= 0.3 is 0 Å². The molecule has 5 nitrogen and oxygen atoms in total. The number of anilines is 2. The van der Waals surface area contributed by atoms with Crippen LogP contribution in [0.1, 0.15) is 20.8 Å². The standard InChI is InChI=1S/C16H22N4O/c1-10(2)8-19-16(21)11(3)20-15-5-4-14(17)12-6-7-18-9-13(12)15/h4-7,9-11,20H,8,17H2,1-3H3,(H,19,21). The molecule has 0 radical (unpaired) electrons. The van der Waals surface area contributed by atoms with Gasteiger partial charge in [0.05, 0.1) is 0 Å². The predicted octanol–water partition coefficient (Wildman–Crippen LogP) is 2.39. The highest BCUT2D eigenvalue weighted by atomic mass is 16.2. The summed E-state index contributed by atoms with van der Waals surface area (Å²) in [6.45, 7) is 6.65. The van der Waals surface area contributed by atoms with E-state index >= 15 is 0 Å². The van der Waals surface area contributed by atoms with Crippen LogP contribution in [0.2, 0.25) is 0 Å². The fourth-order valence-electron chi connectivity index (χ4n) is 2.10. The molecular formula is C16H22N4O. The number of hydrogen-bond donors (Lipinski definition) is 3. The van der Waals surface area contributed by atoms with E-state index in [-0.39, 0.29) is 11.9 Å². The molecule has 1 aromatic heterocycles. The highest BCUT2D eigenvalue weighted by molar-refractivity contribution is 6.01. The first-order valence-corrected chi connectivity index (χ1v) is 7.15. The van der Waals surface area contributed by atoms with Gasteiger partial charge in [-0.15, -0.1) is 0 Å². The molecule has 112 valence electrons. The van der Waals surface area contributed by atoms with Crippen LogP contribution in [0.15, 0.2) is 30.6 Å². The molecule has 0 fully saturated rings. The highest BCUT2D eigenvalue weighted by Gasteiger charge is 2.14. The summed E-state index contributed by atoms with van der Waals surface area (Å²) in [7, 11) is 0. The molecule has 21 heavy (non-hydrogen) atoms. The molecule has 0 saturated heterocycles. The van der Waals surface area contributed by atoms with Crippen molar-refractivity contribution in [1.29, 1.82) is 0 Å². The first-order chi connectivity index (χ1) is 9.99. The quantitative estimate of drug-likeness (QED) is 0.737. The molecule has 1 atom stereocenters. The summed E-state index contributed by atoms with van der Waals surface area (Å²) in [5.74, 6) is 0.417. The number of amides is 1. The summed E-state index contributed by atoms with van der Waals surface area (Å²) in [5.41, 5.74) is 7.53. The van der Waals surface area contributed by atoms with Gasteiger partial charge in [-0.25, -0.2) is 0 Å². The van der Waals surface area contributed by atoms with Gasteiger partial charge in [-0.3, -0.25) is 9.78 Å². The second-order valence-corrected chi connectivity index (χ2v) is 5.63. The van der Waals surface area contributed by atoms with Gasteiger partial charge < -0.3 is 16.4 Å². The van der Waals surface area contributed by atoms with Crippen molar-refractivity contribution >= 4 is 28.1 Å². The normalized spacial score (nSPS) is 12.4. The van der Waals surface area contributed by atoms with E-state index in [1.807, 2.05) is 25.1 Å². The third kappa shape index (κ3) is 3.62. The van der Waals surface area contributed by atoms with Crippen molar-refractivity contribution in [3.63, 3.8) is 0 Å². The van der Waals surface area contributed by atoms with Gasteiger partial charge in [0.15, 0.2) is 0 Å². The molecule has 2 rings (SSSR count). The molecule has 0 saturated carbocycles.